The minimum Gasteiger partial charge on any atom is -0.457 e. The first-order chi connectivity index (χ1) is 18.7. The highest BCUT2D eigenvalue weighted by Crippen LogP contribution is 2.33. The number of nitrogens with zero attached hydrogens (tertiary/aromatic N) is 2. The summed E-state index contributed by atoms with van der Waals surface area (Å²) in [5, 5.41) is 10.0. The van der Waals surface area contributed by atoms with Crippen molar-refractivity contribution in [1.82, 2.24) is 5.01 Å². The van der Waals surface area contributed by atoms with Crippen molar-refractivity contribution in [1.29, 1.82) is 0 Å². The van der Waals surface area contributed by atoms with E-state index >= 15 is 0 Å². The molecule has 0 aromatic heterocycles. The lowest BCUT2D eigenvalue weighted by molar-refractivity contribution is -0.137. The highest BCUT2D eigenvalue weighted by Gasteiger charge is 2.32. The van der Waals surface area contributed by atoms with Gasteiger partial charge in [0.2, 0.25) is 0 Å². The van der Waals surface area contributed by atoms with Crippen LogP contribution < -0.4 is 10.1 Å². The molecule has 0 radical (unpaired) electrons. The molecule has 0 fully saturated rings. The van der Waals surface area contributed by atoms with Crippen molar-refractivity contribution in [2.24, 2.45) is 5.10 Å². The lowest BCUT2D eigenvalue weighted by Crippen LogP contribution is -2.30. The molecule has 0 saturated carbocycles. The summed E-state index contributed by atoms with van der Waals surface area (Å²) in [4.78, 5) is 13.1. The van der Waals surface area contributed by atoms with Gasteiger partial charge in [0.15, 0.2) is 0 Å². The molecule has 0 bridgehead atoms. The molecule has 2 amide bonds. The van der Waals surface area contributed by atoms with E-state index in [1.165, 1.54) is 17.1 Å². The topological polar surface area (TPSA) is 53.9 Å². The maximum Gasteiger partial charge on any atom is 0.416 e. The Bertz CT molecular complexity index is 1490. The molecule has 0 spiro atoms. The smallest absolute Gasteiger partial charge is 0.416 e. The van der Waals surface area contributed by atoms with Crippen LogP contribution in [0.3, 0.4) is 0 Å². The Hall–Kier alpha value is -4.01. The average Bonchev–Trinajstić information content (AvgIpc) is 3.36. The van der Waals surface area contributed by atoms with Crippen molar-refractivity contribution in [2.75, 3.05) is 11.9 Å². The Morgan fingerprint density at radius 2 is 1.36 bits per heavy atom. The molecule has 10 heteroatoms. The molecule has 1 aliphatic heterocycles. The van der Waals surface area contributed by atoms with Crippen LogP contribution in [0.15, 0.2) is 102 Å². The third-order valence-electron chi connectivity index (χ3n) is 6.08. The summed E-state index contributed by atoms with van der Waals surface area (Å²) in [5.41, 5.74) is 2.28. The molecule has 0 aliphatic carbocycles. The van der Waals surface area contributed by atoms with Gasteiger partial charge in [0.05, 0.1) is 17.8 Å². The van der Waals surface area contributed by atoms with Crippen LogP contribution in [0.4, 0.5) is 23.7 Å². The van der Waals surface area contributed by atoms with Crippen molar-refractivity contribution in [3.63, 3.8) is 0 Å². The second-order valence-corrected chi connectivity index (χ2v) is 9.63. The number of nitrogens with one attached hydrogen (secondary N) is 1. The van der Waals surface area contributed by atoms with E-state index in [4.69, 9.17) is 27.9 Å². The van der Waals surface area contributed by atoms with Gasteiger partial charge < -0.3 is 10.1 Å². The molecule has 1 N–H and O–H groups in total. The molecule has 1 atom stereocenters. The zero-order valence-electron chi connectivity index (χ0n) is 20.1. The van der Waals surface area contributed by atoms with Gasteiger partial charge in [-0.15, -0.1) is 0 Å². The molecule has 4 aromatic carbocycles. The van der Waals surface area contributed by atoms with Gasteiger partial charge in [-0.2, -0.15) is 18.3 Å². The van der Waals surface area contributed by atoms with Crippen molar-refractivity contribution in [3.05, 3.63) is 124 Å². The van der Waals surface area contributed by atoms with Crippen LogP contribution in [0.5, 0.6) is 11.5 Å². The number of amides is 2. The number of ether oxygens (including phenoxy) is 1. The molecule has 4 aromatic rings. The van der Waals surface area contributed by atoms with E-state index in [1.807, 2.05) is 24.3 Å². The number of alkyl halides is 3. The molecule has 5 nitrogen and oxygen atoms in total. The SMILES string of the molecule is O=C(Nc1ccc(Oc2ccc(C(F)(F)F)cc2)cc1)N1CC(c2ccc(Cl)cc2)C(c2ccc(Cl)cc2)=N1. The third kappa shape index (κ3) is 6.35. The highest BCUT2D eigenvalue weighted by molar-refractivity contribution is 6.31. The molecular weight excluding hydrogens is 550 g/mol. The minimum absolute atomic E-state index is 0.172. The largest absolute Gasteiger partial charge is 0.457 e. The van der Waals surface area contributed by atoms with Crippen molar-refractivity contribution < 1.29 is 22.7 Å². The van der Waals surface area contributed by atoms with E-state index in [0.29, 0.717) is 28.0 Å². The number of hydrazone groups is 1. The fraction of sp³-hybridized carbons (Fsp3) is 0.103. The Morgan fingerprint density at radius 3 is 1.92 bits per heavy atom. The van der Waals surface area contributed by atoms with Crippen LogP contribution in [-0.2, 0) is 6.18 Å². The van der Waals surface area contributed by atoms with Gasteiger partial charge in [-0.1, -0.05) is 47.5 Å². The Labute approximate surface area is 232 Å². The summed E-state index contributed by atoms with van der Waals surface area (Å²) < 4.78 is 43.9. The second kappa shape index (κ2) is 11.0. The summed E-state index contributed by atoms with van der Waals surface area (Å²) in [6.45, 7) is 0.320. The number of anilines is 1. The molecule has 1 heterocycles. The van der Waals surface area contributed by atoms with Crippen molar-refractivity contribution in [3.8, 4) is 11.5 Å². The lowest BCUT2D eigenvalue weighted by atomic mass is 9.91. The minimum atomic E-state index is -4.41. The van der Waals surface area contributed by atoms with Crippen molar-refractivity contribution >= 4 is 40.6 Å². The van der Waals surface area contributed by atoms with Gasteiger partial charge in [0, 0.05) is 21.7 Å². The summed E-state index contributed by atoms with van der Waals surface area (Å²) in [6.07, 6.45) is -4.41. The number of halogens is 5. The average molecular weight is 570 g/mol. The van der Waals surface area contributed by atoms with E-state index in [-0.39, 0.29) is 11.7 Å². The highest BCUT2D eigenvalue weighted by atomic mass is 35.5. The van der Waals surface area contributed by atoms with Crippen LogP contribution in [0, 0.1) is 0 Å². The first kappa shape index (κ1) is 26.6. The lowest BCUT2D eigenvalue weighted by Gasteiger charge is -2.16. The molecule has 5 rings (SSSR count). The maximum absolute atomic E-state index is 13.1. The van der Waals surface area contributed by atoms with Crippen LogP contribution in [0.25, 0.3) is 0 Å². The van der Waals surface area contributed by atoms with Crippen LogP contribution in [0.2, 0.25) is 10.0 Å². The Balaban J connectivity index is 1.28. The fourth-order valence-corrected chi connectivity index (χ4v) is 4.36. The number of hydrogen-bond acceptors (Lipinski definition) is 3. The zero-order valence-corrected chi connectivity index (χ0v) is 21.6. The van der Waals surface area contributed by atoms with E-state index in [1.54, 1.807) is 48.5 Å². The molecular formula is C29H20Cl2F3N3O2. The normalized spacial score (nSPS) is 15.2. The summed E-state index contributed by atoms with van der Waals surface area (Å²) in [5.74, 6) is 0.489. The molecule has 1 unspecified atom stereocenters. The van der Waals surface area contributed by atoms with E-state index < -0.39 is 17.8 Å². The predicted octanol–water partition coefficient (Wildman–Crippen LogP) is 8.84. The van der Waals surface area contributed by atoms with Gasteiger partial charge >= 0.3 is 12.2 Å². The standard InChI is InChI=1S/C29H20Cl2F3N3O2/c30-21-7-1-18(2-8-21)26-17-37(36-27(26)19-3-9-22(31)10-4-19)28(38)35-23-11-15-25(16-12-23)39-24-13-5-20(6-14-24)29(32,33)34/h1-16,26H,17H2,(H,35,38). The number of carbonyl (C=O) groups excluding carboxylic acids is 1. The first-order valence-corrected chi connectivity index (χ1v) is 12.5. The quantitative estimate of drug-likeness (QED) is 0.261. The fourth-order valence-electron chi connectivity index (χ4n) is 4.11. The summed E-state index contributed by atoms with van der Waals surface area (Å²) in [7, 11) is 0. The number of benzene rings is 4. The number of carbonyl (C=O) groups is 1. The summed E-state index contributed by atoms with van der Waals surface area (Å²) >= 11 is 12.1. The van der Waals surface area contributed by atoms with Gasteiger partial charge in [0.1, 0.15) is 11.5 Å². The maximum atomic E-state index is 13.1. The Morgan fingerprint density at radius 1 is 0.821 bits per heavy atom. The zero-order chi connectivity index (χ0) is 27.6. The molecule has 39 heavy (non-hydrogen) atoms. The van der Waals surface area contributed by atoms with Gasteiger partial charge in [-0.05, 0) is 83.9 Å². The number of urea groups is 1. The van der Waals surface area contributed by atoms with Crippen molar-refractivity contribution in [2.45, 2.75) is 12.1 Å². The van der Waals surface area contributed by atoms with Crippen LogP contribution >= 0.6 is 23.2 Å². The number of rotatable bonds is 5. The van der Waals surface area contributed by atoms with E-state index in [9.17, 15) is 18.0 Å². The van der Waals surface area contributed by atoms with E-state index in [2.05, 4.69) is 10.4 Å². The molecule has 0 saturated heterocycles. The molecule has 198 valence electrons. The monoisotopic (exact) mass is 569 g/mol. The van der Waals surface area contributed by atoms with Crippen LogP contribution in [-0.4, -0.2) is 23.3 Å². The van der Waals surface area contributed by atoms with Gasteiger partial charge in [0.25, 0.3) is 0 Å². The second-order valence-electron chi connectivity index (χ2n) is 8.76. The van der Waals surface area contributed by atoms with E-state index in [0.717, 1.165) is 29.0 Å². The van der Waals surface area contributed by atoms with Crippen LogP contribution in [0.1, 0.15) is 22.6 Å². The predicted molar refractivity (Wildman–Crippen MR) is 146 cm³/mol. The third-order valence-corrected chi connectivity index (χ3v) is 6.59. The summed E-state index contributed by atoms with van der Waals surface area (Å²) in [6, 6.07) is 25.2. The number of hydrogen-bond donors (Lipinski definition) is 1. The molecule has 1 aliphatic rings. The first-order valence-electron chi connectivity index (χ1n) is 11.8. The van der Waals surface area contributed by atoms with Gasteiger partial charge in [-0.3, -0.25) is 0 Å². The Kier molecular flexibility index (Phi) is 7.50. The van der Waals surface area contributed by atoms with Gasteiger partial charge in [-0.25, -0.2) is 9.80 Å².